The van der Waals surface area contributed by atoms with Crippen molar-refractivity contribution >= 4 is 23.5 Å². The normalized spacial score (nSPS) is 15.7. The van der Waals surface area contributed by atoms with Crippen LogP contribution in [0.2, 0.25) is 0 Å². The number of benzene rings is 1. The summed E-state index contributed by atoms with van der Waals surface area (Å²) in [5.74, 6) is 1.28. The maximum Gasteiger partial charge on any atom is 0.232 e. The van der Waals surface area contributed by atoms with Gasteiger partial charge in [-0.05, 0) is 24.6 Å². The SMILES string of the molecule is Cn1cc(Nc2ncnc(N3CCN(c4ncc([C@@](C)(O)c5ccc(F)cc5)cn4)CC3)n2)cn1. The van der Waals surface area contributed by atoms with Gasteiger partial charge in [0.05, 0.1) is 11.9 Å². The molecule has 1 saturated heterocycles. The third-order valence-electron chi connectivity index (χ3n) is 5.97. The summed E-state index contributed by atoms with van der Waals surface area (Å²) in [5, 5.41) is 18.2. The Hall–Kier alpha value is -4.19. The van der Waals surface area contributed by atoms with E-state index < -0.39 is 5.60 Å². The van der Waals surface area contributed by atoms with Crippen LogP contribution in [0.1, 0.15) is 18.1 Å². The highest BCUT2D eigenvalue weighted by Gasteiger charge is 2.27. The molecule has 0 spiro atoms. The molecule has 0 bridgehead atoms. The van der Waals surface area contributed by atoms with Crippen LogP contribution in [0.4, 0.5) is 27.9 Å². The summed E-state index contributed by atoms with van der Waals surface area (Å²) in [6.45, 7) is 4.39. The highest BCUT2D eigenvalue weighted by atomic mass is 19.1. The molecular weight excluding hydrogens is 451 g/mol. The summed E-state index contributed by atoms with van der Waals surface area (Å²) >= 11 is 0. The lowest BCUT2D eigenvalue weighted by molar-refractivity contribution is 0.101. The Bertz CT molecular complexity index is 1280. The van der Waals surface area contributed by atoms with Crippen molar-refractivity contribution in [2.45, 2.75) is 12.5 Å². The number of hydrogen-bond acceptors (Lipinski definition) is 10. The molecule has 4 heterocycles. The molecule has 0 aliphatic carbocycles. The first kappa shape index (κ1) is 22.6. The van der Waals surface area contributed by atoms with Gasteiger partial charge in [0.25, 0.3) is 0 Å². The van der Waals surface area contributed by atoms with Crippen molar-refractivity contribution in [2.75, 3.05) is 41.3 Å². The average molecular weight is 477 g/mol. The number of hydrogen-bond donors (Lipinski definition) is 2. The zero-order valence-electron chi connectivity index (χ0n) is 19.4. The first-order valence-corrected chi connectivity index (χ1v) is 11.1. The van der Waals surface area contributed by atoms with Gasteiger partial charge in [-0.2, -0.15) is 10.1 Å². The van der Waals surface area contributed by atoms with Crippen LogP contribution in [0.3, 0.4) is 0 Å². The summed E-state index contributed by atoms with van der Waals surface area (Å²) in [7, 11) is 1.84. The van der Waals surface area contributed by atoms with Crippen LogP contribution in [0.25, 0.3) is 0 Å². The van der Waals surface area contributed by atoms with Gasteiger partial charge in [0, 0.05) is 57.4 Å². The second kappa shape index (κ2) is 9.22. The molecule has 1 atom stereocenters. The molecule has 0 unspecified atom stereocenters. The number of halogens is 1. The number of piperazine rings is 1. The molecule has 180 valence electrons. The van der Waals surface area contributed by atoms with Gasteiger partial charge >= 0.3 is 0 Å². The Kier molecular flexibility index (Phi) is 5.95. The van der Waals surface area contributed by atoms with Crippen LogP contribution in [0.15, 0.2) is 55.4 Å². The monoisotopic (exact) mass is 476 g/mol. The van der Waals surface area contributed by atoms with Crippen LogP contribution < -0.4 is 15.1 Å². The van der Waals surface area contributed by atoms with Gasteiger partial charge < -0.3 is 20.2 Å². The van der Waals surface area contributed by atoms with E-state index in [1.165, 1.54) is 18.5 Å². The minimum absolute atomic E-state index is 0.353. The third kappa shape index (κ3) is 4.87. The second-order valence-corrected chi connectivity index (χ2v) is 8.46. The molecule has 1 fully saturated rings. The number of nitrogens with zero attached hydrogens (tertiary/aromatic N) is 9. The summed E-state index contributed by atoms with van der Waals surface area (Å²) in [6.07, 6.45) is 8.25. The van der Waals surface area contributed by atoms with Crippen molar-refractivity contribution in [2.24, 2.45) is 7.05 Å². The topological polar surface area (TPSA) is 121 Å². The minimum atomic E-state index is -1.33. The van der Waals surface area contributed by atoms with Gasteiger partial charge in [0.15, 0.2) is 0 Å². The number of anilines is 4. The number of aliphatic hydroxyl groups is 1. The molecular formula is C23H25FN10O. The maximum atomic E-state index is 13.2. The fraction of sp³-hybridized carbons (Fsp3) is 0.304. The van der Waals surface area contributed by atoms with E-state index in [0.717, 1.165) is 5.69 Å². The summed E-state index contributed by atoms with van der Waals surface area (Å²) in [5.41, 5.74) is 0.572. The third-order valence-corrected chi connectivity index (χ3v) is 5.97. The van der Waals surface area contributed by atoms with E-state index in [1.54, 1.807) is 42.3 Å². The lowest BCUT2D eigenvalue weighted by atomic mass is 9.90. The zero-order valence-corrected chi connectivity index (χ0v) is 19.4. The van der Waals surface area contributed by atoms with Gasteiger partial charge in [-0.1, -0.05) is 12.1 Å². The molecule has 3 aromatic heterocycles. The Morgan fingerprint density at radius 2 is 1.54 bits per heavy atom. The Labute approximate surface area is 201 Å². The van der Waals surface area contributed by atoms with Gasteiger partial charge in [-0.25, -0.2) is 24.3 Å². The smallest absolute Gasteiger partial charge is 0.232 e. The largest absolute Gasteiger partial charge is 0.381 e. The Balaban J connectivity index is 1.22. The van der Waals surface area contributed by atoms with E-state index in [9.17, 15) is 9.50 Å². The summed E-state index contributed by atoms with van der Waals surface area (Å²) in [6, 6.07) is 5.76. The van der Waals surface area contributed by atoms with E-state index in [2.05, 4.69) is 45.1 Å². The predicted molar refractivity (Wildman–Crippen MR) is 128 cm³/mol. The fourth-order valence-corrected chi connectivity index (χ4v) is 3.90. The number of nitrogens with one attached hydrogen (secondary N) is 1. The van der Waals surface area contributed by atoms with Crippen molar-refractivity contribution in [1.82, 2.24) is 34.7 Å². The highest BCUT2D eigenvalue weighted by molar-refractivity contribution is 5.51. The molecule has 35 heavy (non-hydrogen) atoms. The number of aromatic nitrogens is 7. The van der Waals surface area contributed by atoms with Gasteiger partial charge in [0.2, 0.25) is 17.8 Å². The summed E-state index contributed by atoms with van der Waals surface area (Å²) in [4.78, 5) is 26.1. The summed E-state index contributed by atoms with van der Waals surface area (Å²) < 4.78 is 14.9. The van der Waals surface area contributed by atoms with Crippen molar-refractivity contribution in [3.05, 3.63) is 72.3 Å². The molecule has 0 amide bonds. The van der Waals surface area contributed by atoms with E-state index in [4.69, 9.17) is 0 Å². The molecule has 2 N–H and O–H groups in total. The quantitative estimate of drug-likeness (QED) is 0.426. The lowest BCUT2D eigenvalue weighted by Crippen LogP contribution is -2.47. The lowest BCUT2D eigenvalue weighted by Gasteiger charge is -2.34. The van der Waals surface area contributed by atoms with Crippen LogP contribution in [-0.2, 0) is 12.6 Å². The molecule has 12 heteroatoms. The zero-order chi connectivity index (χ0) is 24.4. The molecule has 11 nitrogen and oxygen atoms in total. The Morgan fingerprint density at radius 1 is 0.886 bits per heavy atom. The van der Waals surface area contributed by atoms with Crippen molar-refractivity contribution in [3.8, 4) is 0 Å². The van der Waals surface area contributed by atoms with Crippen molar-refractivity contribution in [1.29, 1.82) is 0 Å². The number of aryl methyl sites for hydroxylation is 1. The molecule has 1 aliphatic rings. The van der Waals surface area contributed by atoms with Gasteiger partial charge in [-0.15, -0.1) is 0 Å². The minimum Gasteiger partial charge on any atom is -0.381 e. The first-order chi connectivity index (χ1) is 16.9. The fourth-order valence-electron chi connectivity index (χ4n) is 3.90. The predicted octanol–water partition coefficient (Wildman–Crippen LogP) is 1.86. The van der Waals surface area contributed by atoms with E-state index in [1.807, 2.05) is 13.2 Å². The van der Waals surface area contributed by atoms with Crippen molar-refractivity contribution < 1.29 is 9.50 Å². The van der Waals surface area contributed by atoms with Crippen LogP contribution in [-0.4, -0.2) is 66.0 Å². The first-order valence-electron chi connectivity index (χ1n) is 11.1. The van der Waals surface area contributed by atoms with Crippen molar-refractivity contribution in [3.63, 3.8) is 0 Å². The van der Waals surface area contributed by atoms with E-state index >= 15 is 0 Å². The molecule has 5 rings (SSSR count). The molecule has 0 saturated carbocycles. The molecule has 4 aromatic rings. The van der Waals surface area contributed by atoms with Gasteiger partial charge in [-0.3, -0.25) is 4.68 Å². The second-order valence-electron chi connectivity index (χ2n) is 8.46. The van der Waals surface area contributed by atoms with Crippen LogP contribution in [0, 0.1) is 5.82 Å². The molecule has 1 aromatic carbocycles. The Morgan fingerprint density at radius 3 is 2.17 bits per heavy atom. The average Bonchev–Trinajstić information content (AvgIpc) is 3.29. The van der Waals surface area contributed by atoms with Crippen LogP contribution >= 0.6 is 0 Å². The molecule has 1 aliphatic heterocycles. The standard InChI is InChI=1S/C23H25FN10O/c1-23(35,16-3-5-18(24)6-4-16)17-11-25-21(26-12-17)33-7-9-34(10-8-33)22-28-15-27-20(31-22)30-19-13-29-32(2)14-19/h3-6,11-15,35H,7-10H2,1-2H3,(H,27,28,30,31)/t23-/m0/s1. The van der Waals surface area contributed by atoms with E-state index in [-0.39, 0.29) is 5.82 Å². The number of rotatable bonds is 6. The maximum absolute atomic E-state index is 13.2. The van der Waals surface area contributed by atoms with Crippen LogP contribution in [0.5, 0.6) is 0 Å². The van der Waals surface area contributed by atoms with E-state index in [0.29, 0.717) is 55.2 Å². The van der Waals surface area contributed by atoms with Gasteiger partial charge in [0.1, 0.15) is 17.7 Å². The molecule has 0 radical (unpaired) electrons. The highest BCUT2D eigenvalue weighted by Crippen LogP contribution is 2.29.